The monoisotopic (exact) mass is 242 g/mol. The predicted octanol–water partition coefficient (Wildman–Crippen LogP) is -1.11. The molecule has 6 heteroatoms. The van der Waals surface area contributed by atoms with Gasteiger partial charge in [0.15, 0.2) is 0 Å². The Balaban J connectivity index is 1.96. The molecule has 4 unspecified atom stereocenters. The molecule has 1 amide bonds. The maximum atomic E-state index is 12.1. The fourth-order valence-electron chi connectivity index (χ4n) is 2.59. The number of nitrogens with zero attached hydrogens (tertiary/aromatic N) is 1. The summed E-state index contributed by atoms with van der Waals surface area (Å²) in [7, 11) is 0. The van der Waals surface area contributed by atoms with Crippen LogP contribution in [0, 0.1) is 11.8 Å². The van der Waals surface area contributed by atoms with E-state index in [-0.39, 0.29) is 24.4 Å². The fraction of sp³-hybridized carbons (Fsp3) is 0.818. The van der Waals surface area contributed by atoms with E-state index in [9.17, 15) is 14.7 Å². The average molecular weight is 242 g/mol. The highest BCUT2D eigenvalue weighted by molar-refractivity contribution is 5.83. The first-order valence-electron chi connectivity index (χ1n) is 5.92. The molecule has 2 aliphatic heterocycles. The van der Waals surface area contributed by atoms with Crippen LogP contribution in [0.5, 0.6) is 0 Å². The lowest BCUT2D eigenvalue weighted by atomic mass is 9.99. The molecule has 0 spiro atoms. The van der Waals surface area contributed by atoms with E-state index in [4.69, 9.17) is 5.11 Å². The first-order chi connectivity index (χ1) is 7.99. The molecule has 0 aromatic rings. The van der Waals surface area contributed by atoms with Gasteiger partial charge < -0.3 is 20.4 Å². The van der Waals surface area contributed by atoms with E-state index in [1.54, 1.807) is 4.90 Å². The highest BCUT2D eigenvalue weighted by atomic mass is 16.4. The summed E-state index contributed by atoms with van der Waals surface area (Å²) >= 11 is 0. The number of carbonyl (C=O) groups excluding carboxylic acids is 1. The van der Waals surface area contributed by atoms with Crippen LogP contribution in [0.3, 0.4) is 0 Å². The van der Waals surface area contributed by atoms with Gasteiger partial charge in [-0.25, -0.2) is 0 Å². The summed E-state index contributed by atoms with van der Waals surface area (Å²) in [6.07, 6.45) is -0.0548. The summed E-state index contributed by atoms with van der Waals surface area (Å²) in [5.74, 6) is -1.41. The third-order valence-corrected chi connectivity index (χ3v) is 3.65. The fourth-order valence-corrected chi connectivity index (χ4v) is 2.59. The van der Waals surface area contributed by atoms with Crippen LogP contribution in [0.25, 0.3) is 0 Å². The van der Waals surface area contributed by atoms with Gasteiger partial charge in [-0.1, -0.05) is 6.92 Å². The number of aliphatic carboxylic acids is 1. The van der Waals surface area contributed by atoms with Crippen molar-refractivity contribution < 1.29 is 19.8 Å². The van der Waals surface area contributed by atoms with Crippen molar-refractivity contribution in [3.05, 3.63) is 0 Å². The highest BCUT2D eigenvalue weighted by Crippen LogP contribution is 2.24. The first kappa shape index (κ1) is 12.3. The number of amides is 1. The van der Waals surface area contributed by atoms with Crippen molar-refractivity contribution in [1.82, 2.24) is 10.2 Å². The maximum Gasteiger partial charge on any atom is 0.308 e. The number of carboxylic acid groups (broad SMARTS) is 1. The second kappa shape index (κ2) is 4.62. The number of nitrogens with one attached hydrogen (secondary N) is 1. The zero-order valence-corrected chi connectivity index (χ0v) is 9.80. The molecule has 0 radical (unpaired) electrons. The Kier molecular flexibility index (Phi) is 3.35. The van der Waals surface area contributed by atoms with Crippen LogP contribution < -0.4 is 5.32 Å². The van der Waals surface area contributed by atoms with Crippen LogP contribution in [0.4, 0.5) is 0 Å². The minimum atomic E-state index is -0.841. The van der Waals surface area contributed by atoms with Gasteiger partial charge in [-0.15, -0.1) is 0 Å². The van der Waals surface area contributed by atoms with Gasteiger partial charge in [0.05, 0.1) is 18.1 Å². The van der Waals surface area contributed by atoms with Crippen molar-refractivity contribution in [3.8, 4) is 0 Å². The number of aliphatic hydroxyl groups is 1. The molecule has 0 aromatic heterocycles. The molecular weight excluding hydrogens is 224 g/mol. The van der Waals surface area contributed by atoms with E-state index in [2.05, 4.69) is 5.32 Å². The SMILES string of the molecule is CC1CN(C(=O)C2CC(O)CN2)CC1C(=O)O. The van der Waals surface area contributed by atoms with Crippen molar-refractivity contribution in [3.63, 3.8) is 0 Å². The van der Waals surface area contributed by atoms with Gasteiger partial charge >= 0.3 is 5.97 Å². The van der Waals surface area contributed by atoms with E-state index in [0.29, 0.717) is 19.5 Å². The molecule has 0 aromatic carbocycles. The van der Waals surface area contributed by atoms with Crippen molar-refractivity contribution in [2.45, 2.75) is 25.5 Å². The molecule has 2 heterocycles. The number of aliphatic hydroxyl groups excluding tert-OH is 1. The summed E-state index contributed by atoms with van der Waals surface area (Å²) in [6.45, 7) is 3.05. The van der Waals surface area contributed by atoms with Crippen molar-refractivity contribution in [1.29, 1.82) is 0 Å². The van der Waals surface area contributed by atoms with Crippen LogP contribution in [-0.2, 0) is 9.59 Å². The second-order valence-corrected chi connectivity index (χ2v) is 5.02. The lowest BCUT2D eigenvalue weighted by molar-refractivity contribution is -0.142. The number of carbonyl (C=O) groups is 2. The van der Waals surface area contributed by atoms with E-state index >= 15 is 0 Å². The summed E-state index contributed by atoms with van der Waals surface area (Å²) in [6, 6.07) is -0.357. The van der Waals surface area contributed by atoms with E-state index in [1.165, 1.54) is 0 Å². The lowest BCUT2D eigenvalue weighted by Crippen LogP contribution is -2.42. The van der Waals surface area contributed by atoms with Crippen molar-refractivity contribution in [2.75, 3.05) is 19.6 Å². The number of β-amino-alcohol motifs (C(OH)–C–C–N with tert-alkyl or cyclic N) is 1. The quantitative estimate of drug-likeness (QED) is 0.571. The molecule has 4 atom stereocenters. The molecule has 2 rings (SSSR count). The number of hydrogen-bond donors (Lipinski definition) is 3. The van der Waals surface area contributed by atoms with Gasteiger partial charge in [-0.05, 0) is 12.3 Å². The highest BCUT2D eigenvalue weighted by Gasteiger charge is 2.40. The summed E-state index contributed by atoms with van der Waals surface area (Å²) < 4.78 is 0. The van der Waals surface area contributed by atoms with Gasteiger partial charge in [-0.3, -0.25) is 9.59 Å². The maximum absolute atomic E-state index is 12.1. The molecule has 0 aliphatic carbocycles. The number of carboxylic acids is 1. The average Bonchev–Trinajstić information content (AvgIpc) is 2.83. The summed E-state index contributed by atoms with van der Waals surface area (Å²) in [5, 5.41) is 21.3. The smallest absolute Gasteiger partial charge is 0.308 e. The summed E-state index contributed by atoms with van der Waals surface area (Å²) in [4.78, 5) is 24.6. The Bertz CT molecular complexity index is 333. The number of rotatable bonds is 2. The van der Waals surface area contributed by atoms with Crippen LogP contribution >= 0.6 is 0 Å². The van der Waals surface area contributed by atoms with Gasteiger partial charge in [0, 0.05) is 19.6 Å². The minimum absolute atomic E-state index is 0.0113. The molecule has 3 N–H and O–H groups in total. The van der Waals surface area contributed by atoms with Crippen LogP contribution in [-0.4, -0.2) is 58.8 Å². The Morgan fingerprint density at radius 3 is 2.53 bits per heavy atom. The van der Waals surface area contributed by atoms with Gasteiger partial charge in [0.25, 0.3) is 0 Å². The van der Waals surface area contributed by atoms with Crippen molar-refractivity contribution >= 4 is 11.9 Å². The molecule has 2 aliphatic rings. The molecule has 0 saturated carbocycles. The zero-order chi connectivity index (χ0) is 12.6. The molecule has 96 valence electrons. The third kappa shape index (κ3) is 2.42. The molecule has 17 heavy (non-hydrogen) atoms. The normalized spacial score (nSPS) is 37.4. The standard InChI is InChI=1S/C11H18N2O4/c1-6-4-13(5-8(6)11(16)17)10(15)9-2-7(14)3-12-9/h6-9,12,14H,2-5H2,1H3,(H,16,17). The predicted molar refractivity (Wildman–Crippen MR) is 59.3 cm³/mol. The third-order valence-electron chi connectivity index (χ3n) is 3.65. The van der Waals surface area contributed by atoms with Crippen LogP contribution in [0.1, 0.15) is 13.3 Å². The molecule has 0 bridgehead atoms. The topological polar surface area (TPSA) is 89.9 Å². The molecule has 6 nitrogen and oxygen atoms in total. The lowest BCUT2D eigenvalue weighted by Gasteiger charge is -2.20. The van der Waals surface area contributed by atoms with E-state index in [0.717, 1.165) is 0 Å². The summed E-state index contributed by atoms with van der Waals surface area (Å²) in [5.41, 5.74) is 0. The minimum Gasteiger partial charge on any atom is -0.481 e. The van der Waals surface area contributed by atoms with Gasteiger partial charge in [0.1, 0.15) is 0 Å². The van der Waals surface area contributed by atoms with E-state index < -0.39 is 18.0 Å². The largest absolute Gasteiger partial charge is 0.481 e. The van der Waals surface area contributed by atoms with Gasteiger partial charge in [0.2, 0.25) is 5.91 Å². The Labute approximate surface area is 99.6 Å². The Morgan fingerprint density at radius 1 is 1.35 bits per heavy atom. The molecule has 2 saturated heterocycles. The molecular formula is C11H18N2O4. The van der Waals surface area contributed by atoms with Gasteiger partial charge in [-0.2, -0.15) is 0 Å². The van der Waals surface area contributed by atoms with Crippen molar-refractivity contribution in [2.24, 2.45) is 11.8 Å². The Hall–Kier alpha value is -1.14. The number of likely N-dealkylation sites (tertiary alicyclic amines) is 1. The Morgan fingerprint density at radius 2 is 2.06 bits per heavy atom. The van der Waals surface area contributed by atoms with Crippen LogP contribution in [0.15, 0.2) is 0 Å². The number of hydrogen-bond acceptors (Lipinski definition) is 4. The second-order valence-electron chi connectivity index (χ2n) is 5.02. The van der Waals surface area contributed by atoms with Crippen LogP contribution in [0.2, 0.25) is 0 Å². The van der Waals surface area contributed by atoms with E-state index in [1.807, 2.05) is 6.92 Å². The first-order valence-corrected chi connectivity index (χ1v) is 5.92. The zero-order valence-electron chi connectivity index (χ0n) is 9.80. The molecule has 2 fully saturated rings.